The van der Waals surface area contributed by atoms with Crippen LogP contribution in [0, 0.1) is 0 Å². The highest BCUT2D eigenvalue weighted by Crippen LogP contribution is 2.25. The third-order valence-electron chi connectivity index (χ3n) is 0.686. The van der Waals surface area contributed by atoms with E-state index < -0.39 is 23.6 Å². The molecule has 0 fully saturated rings. The van der Waals surface area contributed by atoms with Crippen LogP contribution in [0.25, 0.3) is 0 Å². The largest absolute Gasteiger partial charge is 0.451 e. The van der Waals surface area contributed by atoms with Crippen molar-refractivity contribution in [3.05, 3.63) is 0 Å². The predicted octanol–water partition coefficient (Wildman–Crippen LogP) is 2.22. The lowest BCUT2D eigenvalue weighted by Gasteiger charge is -2.11. The highest BCUT2D eigenvalue weighted by atomic mass is 79.9. The van der Waals surface area contributed by atoms with Gasteiger partial charge in [-0.15, -0.1) is 0 Å². The van der Waals surface area contributed by atoms with Crippen molar-refractivity contribution in [2.45, 2.75) is 24.5 Å². The topological polar surface area (TPSA) is 26.3 Å². The van der Waals surface area contributed by atoms with Crippen molar-refractivity contribution >= 4 is 21.9 Å². The van der Waals surface area contributed by atoms with Crippen LogP contribution in [-0.2, 0) is 9.53 Å². The smallest absolute Gasteiger partial charge is 0.393 e. The number of hydrogen-bond donors (Lipinski definition) is 0. The summed E-state index contributed by atoms with van der Waals surface area (Å²) >= 11 is 2.55. The maximum Gasteiger partial charge on any atom is 0.393 e. The Labute approximate surface area is 69.8 Å². The van der Waals surface area contributed by atoms with Crippen LogP contribution in [0.15, 0.2) is 0 Å². The average molecular weight is 235 g/mol. The van der Waals surface area contributed by atoms with Crippen LogP contribution in [0.2, 0.25) is 0 Å². The van der Waals surface area contributed by atoms with E-state index in [0.717, 1.165) is 6.92 Å². The molecule has 6 heteroatoms. The minimum absolute atomic E-state index is 0.740. The summed E-state index contributed by atoms with van der Waals surface area (Å²) in [6, 6.07) is 0. The molecular formula is C5H6BrF3O2. The summed E-state index contributed by atoms with van der Waals surface area (Å²) in [6.45, 7) is 1.05. The van der Waals surface area contributed by atoms with E-state index in [1.165, 1.54) is 0 Å². The number of halogens is 4. The van der Waals surface area contributed by atoms with E-state index in [9.17, 15) is 18.0 Å². The van der Waals surface area contributed by atoms with E-state index in [4.69, 9.17) is 0 Å². The molecule has 1 unspecified atom stereocenters. The monoisotopic (exact) mass is 234 g/mol. The molecule has 0 N–H and O–H groups in total. The number of esters is 1. The van der Waals surface area contributed by atoms with Gasteiger partial charge >= 0.3 is 12.1 Å². The van der Waals surface area contributed by atoms with E-state index in [-0.39, 0.29) is 0 Å². The molecule has 2 nitrogen and oxygen atoms in total. The third-order valence-corrected chi connectivity index (χ3v) is 1.20. The Hall–Kier alpha value is -0.260. The van der Waals surface area contributed by atoms with Crippen molar-refractivity contribution < 1.29 is 22.7 Å². The maximum atomic E-state index is 11.5. The van der Waals surface area contributed by atoms with Crippen molar-refractivity contribution in [2.24, 2.45) is 0 Å². The summed E-state index contributed by atoms with van der Waals surface area (Å²) in [4.78, 5) is 10.1. The van der Waals surface area contributed by atoms with Crippen LogP contribution in [0.4, 0.5) is 13.2 Å². The molecule has 0 aliphatic rings. The van der Waals surface area contributed by atoms with Gasteiger partial charge in [0.25, 0.3) is 0 Å². The van der Waals surface area contributed by atoms with Crippen LogP contribution in [-0.4, -0.2) is 17.2 Å². The number of rotatable bonds is 2. The molecule has 0 amide bonds. The fraction of sp³-hybridized carbons (Fsp3) is 0.800. The Morgan fingerprint density at radius 1 is 1.64 bits per heavy atom. The Morgan fingerprint density at radius 2 is 2.09 bits per heavy atom. The molecule has 0 aliphatic carbocycles. The average Bonchev–Trinajstić information content (AvgIpc) is 1.53. The van der Waals surface area contributed by atoms with Gasteiger partial charge in [-0.1, -0.05) is 0 Å². The Bertz CT molecular complexity index is 145. The van der Waals surface area contributed by atoms with Crippen LogP contribution >= 0.6 is 15.9 Å². The van der Waals surface area contributed by atoms with Crippen LogP contribution < -0.4 is 0 Å². The summed E-state index contributed by atoms with van der Waals surface area (Å²) in [7, 11) is 0. The van der Waals surface area contributed by atoms with Crippen molar-refractivity contribution in [2.75, 3.05) is 0 Å². The molecule has 0 saturated heterocycles. The quantitative estimate of drug-likeness (QED) is 0.541. The fourth-order valence-electron chi connectivity index (χ4n) is 0.404. The number of carbonyl (C=O) groups excluding carboxylic acids is 1. The Morgan fingerprint density at radius 3 is 2.36 bits per heavy atom. The number of ether oxygens (including phenoxy) is 1. The van der Waals surface area contributed by atoms with Crippen molar-refractivity contribution in [1.29, 1.82) is 0 Å². The minimum atomic E-state index is -4.32. The molecule has 0 heterocycles. The van der Waals surface area contributed by atoms with Gasteiger partial charge in [0, 0.05) is 6.92 Å². The number of hydrogen-bond acceptors (Lipinski definition) is 2. The maximum absolute atomic E-state index is 11.5. The highest BCUT2D eigenvalue weighted by Gasteiger charge is 2.32. The molecule has 0 aromatic heterocycles. The van der Waals surface area contributed by atoms with E-state index in [1.807, 2.05) is 0 Å². The second-order valence-electron chi connectivity index (χ2n) is 1.84. The molecule has 0 aromatic carbocycles. The zero-order valence-electron chi connectivity index (χ0n) is 5.61. The minimum Gasteiger partial charge on any atom is -0.451 e. The standard InChI is InChI=1S/C5H6BrF3O2/c1-3(10)11-4(6)2-5(7,8)9/h4H,2H2,1H3. The summed E-state index contributed by atoms with van der Waals surface area (Å²) in [5.74, 6) is -0.740. The Kier molecular flexibility index (Phi) is 3.85. The Balaban J connectivity index is 3.69. The van der Waals surface area contributed by atoms with Gasteiger partial charge in [0.05, 0.1) is 6.42 Å². The van der Waals surface area contributed by atoms with Gasteiger partial charge in [0.1, 0.15) is 0 Å². The van der Waals surface area contributed by atoms with Gasteiger partial charge in [-0.05, 0) is 15.9 Å². The van der Waals surface area contributed by atoms with Crippen molar-refractivity contribution in [1.82, 2.24) is 0 Å². The van der Waals surface area contributed by atoms with Gasteiger partial charge in [-0.2, -0.15) is 13.2 Å². The first-order valence-corrected chi connectivity index (χ1v) is 3.61. The van der Waals surface area contributed by atoms with Crippen LogP contribution in [0.3, 0.4) is 0 Å². The van der Waals surface area contributed by atoms with Gasteiger partial charge in [-0.3, -0.25) is 4.79 Å². The van der Waals surface area contributed by atoms with Gasteiger partial charge in [0.2, 0.25) is 0 Å². The van der Waals surface area contributed by atoms with Crippen molar-refractivity contribution in [3.8, 4) is 0 Å². The molecule has 11 heavy (non-hydrogen) atoms. The molecule has 66 valence electrons. The molecule has 0 bridgehead atoms. The first-order valence-electron chi connectivity index (χ1n) is 2.69. The SMILES string of the molecule is CC(=O)OC(Br)CC(F)(F)F. The van der Waals surface area contributed by atoms with Crippen LogP contribution in [0.5, 0.6) is 0 Å². The van der Waals surface area contributed by atoms with E-state index >= 15 is 0 Å². The van der Waals surface area contributed by atoms with E-state index in [1.54, 1.807) is 0 Å². The van der Waals surface area contributed by atoms with E-state index in [2.05, 4.69) is 20.7 Å². The molecule has 0 spiro atoms. The zero-order valence-corrected chi connectivity index (χ0v) is 7.20. The molecule has 0 rings (SSSR count). The lowest BCUT2D eigenvalue weighted by molar-refractivity contribution is -0.160. The number of carbonyl (C=O) groups is 1. The molecule has 0 aromatic rings. The van der Waals surface area contributed by atoms with Gasteiger partial charge < -0.3 is 4.74 Å². The number of alkyl halides is 4. The molecule has 1 atom stereocenters. The summed E-state index contributed by atoms with van der Waals surface area (Å²) in [5.41, 5.74) is 0. The summed E-state index contributed by atoms with van der Waals surface area (Å²) in [5, 5.41) is -1.28. The molecular weight excluding hydrogens is 229 g/mol. The van der Waals surface area contributed by atoms with Crippen molar-refractivity contribution in [3.63, 3.8) is 0 Å². The molecule has 0 aliphatic heterocycles. The zero-order chi connectivity index (χ0) is 9.07. The predicted molar refractivity (Wildman–Crippen MR) is 35.2 cm³/mol. The lowest BCUT2D eigenvalue weighted by Crippen LogP contribution is -2.19. The van der Waals surface area contributed by atoms with Gasteiger partial charge in [0.15, 0.2) is 5.01 Å². The summed E-state index contributed by atoms with van der Waals surface area (Å²) in [6.07, 6.45) is -5.49. The molecule has 0 radical (unpaired) electrons. The summed E-state index contributed by atoms with van der Waals surface area (Å²) < 4.78 is 38.8. The fourth-order valence-corrected chi connectivity index (χ4v) is 1.03. The van der Waals surface area contributed by atoms with E-state index in [0.29, 0.717) is 0 Å². The first-order chi connectivity index (χ1) is 4.81. The van der Waals surface area contributed by atoms with Crippen LogP contribution in [0.1, 0.15) is 13.3 Å². The normalized spacial score (nSPS) is 14.3. The first kappa shape index (κ1) is 10.7. The lowest BCUT2D eigenvalue weighted by atomic mass is 10.4. The second-order valence-corrected chi connectivity index (χ2v) is 2.86. The molecule has 0 saturated carbocycles. The van der Waals surface area contributed by atoms with Gasteiger partial charge in [-0.25, -0.2) is 0 Å². The third kappa shape index (κ3) is 7.64. The second kappa shape index (κ2) is 3.94. The highest BCUT2D eigenvalue weighted by molar-refractivity contribution is 9.09.